The molecule has 0 aliphatic heterocycles. The van der Waals surface area contributed by atoms with Crippen LogP contribution in [-0.4, -0.2) is 18.6 Å². The number of hydrogen-bond donors (Lipinski definition) is 1. The molecule has 4 saturated carbocycles. The van der Waals surface area contributed by atoms with Crippen molar-refractivity contribution in [1.82, 2.24) is 5.32 Å². The summed E-state index contributed by atoms with van der Waals surface area (Å²) in [6, 6.07) is 14.0. The first-order chi connectivity index (χ1) is 14.6. The largest absolute Gasteiger partial charge is 0.484 e. The summed E-state index contributed by atoms with van der Waals surface area (Å²) >= 11 is 0. The summed E-state index contributed by atoms with van der Waals surface area (Å²) in [6.45, 7) is 2.27. The second-order valence-corrected chi connectivity index (χ2v) is 10.1. The van der Waals surface area contributed by atoms with Gasteiger partial charge in [0.25, 0.3) is 5.91 Å². The third-order valence-corrected chi connectivity index (χ3v) is 8.10. The van der Waals surface area contributed by atoms with Gasteiger partial charge in [0.2, 0.25) is 0 Å². The number of hydrogen-bond acceptors (Lipinski definition) is 3. The van der Waals surface area contributed by atoms with Gasteiger partial charge in [0.05, 0.1) is 0 Å². The summed E-state index contributed by atoms with van der Waals surface area (Å²) in [4.78, 5) is 12.7. The van der Waals surface area contributed by atoms with E-state index < -0.39 is 0 Å². The van der Waals surface area contributed by atoms with Crippen molar-refractivity contribution in [3.63, 3.8) is 0 Å². The molecule has 4 aliphatic rings. The molecule has 4 heteroatoms. The number of fused-ring (bicyclic) bond motifs is 3. The minimum atomic E-state index is -0.0182. The van der Waals surface area contributed by atoms with E-state index >= 15 is 0 Å². The van der Waals surface area contributed by atoms with Crippen LogP contribution < -0.4 is 10.1 Å². The van der Waals surface area contributed by atoms with Crippen LogP contribution in [-0.2, 0) is 4.79 Å². The van der Waals surface area contributed by atoms with Gasteiger partial charge in [0.15, 0.2) is 6.61 Å². The van der Waals surface area contributed by atoms with E-state index in [4.69, 9.17) is 9.15 Å². The van der Waals surface area contributed by atoms with E-state index in [2.05, 4.69) is 12.2 Å². The average Bonchev–Trinajstić information content (AvgIpc) is 3.09. The standard InChI is InChI=1S/C26H29NO3/c1-16(26-12-17-8-18(13-26)10-19(9-17)14-26)27-25(28)15-29-20-6-7-24-22(11-20)21-4-2-3-5-23(21)30-24/h2-7,11,16-19H,8-10,12-15H2,1H3,(H,27,28)/t16-,17?,18?,19?,26?/m0/s1. The van der Waals surface area contributed by atoms with Crippen molar-refractivity contribution in [2.24, 2.45) is 23.2 Å². The molecule has 7 rings (SSSR count). The van der Waals surface area contributed by atoms with Gasteiger partial charge in [0, 0.05) is 16.8 Å². The number of para-hydroxylation sites is 1. The van der Waals surface area contributed by atoms with Crippen molar-refractivity contribution in [2.75, 3.05) is 6.61 Å². The Bertz CT molecular complexity index is 1080. The lowest BCUT2D eigenvalue weighted by Gasteiger charge is -2.59. The predicted molar refractivity (Wildman–Crippen MR) is 117 cm³/mol. The number of amides is 1. The summed E-state index contributed by atoms with van der Waals surface area (Å²) in [7, 11) is 0. The van der Waals surface area contributed by atoms with E-state index in [-0.39, 0.29) is 18.6 Å². The van der Waals surface area contributed by atoms with Crippen LogP contribution in [0.4, 0.5) is 0 Å². The molecule has 156 valence electrons. The number of benzene rings is 2. The second kappa shape index (κ2) is 6.76. The zero-order valence-corrected chi connectivity index (χ0v) is 17.5. The lowest BCUT2D eigenvalue weighted by atomic mass is 9.48. The lowest BCUT2D eigenvalue weighted by molar-refractivity contribution is -0.127. The molecule has 1 amide bonds. The van der Waals surface area contributed by atoms with E-state index in [0.29, 0.717) is 11.2 Å². The molecule has 0 spiro atoms. The number of ether oxygens (including phenoxy) is 1. The Morgan fingerprint density at radius 2 is 1.70 bits per heavy atom. The van der Waals surface area contributed by atoms with E-state index in [9.17, 15) is 4.79 Å². The van der Waals surface area contributed by atoms with Crippen LogP contribution in [0.5, 0.6) is 5.75 Å². The Morgan fingerprint density at radius 3 is 2.43 bits per heavy atom. The van der Waals surface area contributed by atoms with E-state index in [1.165, 1.54) is 38.5 Å². The number of nitrogens with one attached hydrogen (secondary N) is 1. The average molecular weight is 404 g/mol. The maximum Gasteiger partial charge on any atom is 0.258 e. The fourth-order valence-corrected chi connectivity index (χ4v) is 7.09. The summed E-state index contributed by atoms with van der Waals surface area (Å²) < 4.78 is 11.7. The molecule has 1 N–H and O–H groups in total. The zero-order valence-electron chi connectivity index (χ0n) is 17.5. The minimum absolute atomic E-state index is 0.0182. The molecule has 30 heavy (non-hydrogen) atoms. The molecular formula is C26H29NO3. The summed E-state index contributed by atoms with van der Waals surface area (Å²) in [5.74, 6) is 3.36. The smallest absolute Gasteiger partial charge is 0.258 e. The third kappa shape index (κ3) is 3.00. The Morgan fingerprint density at radius 1 is 1.03 bits per heavy atom. The first-order valence-electron chi connectivity index (χ1n) is 11.4. The van der Waals surface area contributed by atoms with Crippen LogP contribution >= 0.6 is 0 Å². The van der Waals surface area contributed by atoms with Gasteiger partial charge < -0.3 is 14.5 Å². The quantitative estimate of drug-likeness (QED) is 0.596. The maximum atomic E-state index is 12.7. The predicted octanol–water partition coefficient (Wildman–Crippen LogP) is 5.69. The highest BCUT2D eigenvalue weighted by atomic mass is 16.5. The van der Waals surface area contributed by atoms with Gasteiger partial charge in [-0.3, -0.25) is 4.79 Å². The second-order valence-electron chi connectivity index (χ2n) is 10.1. The van der Waals surface area contributed by atoms with Crippen LogP contribution in [0.25, 0.3) is 21.9 Å². The van der Waals surface area contributed by atoms with Crippen molar-refractivity contribution in [1.29, 1.82) is 0 Å². The molecule has 4 fully saturated rings. The van der Waals surface area contributed by atoms with Gasteiger partial charge in [-0.15, -0.1) is 0 Å². The molecule has 4 aliphatic carbocycles. The highest BCUT2D eigenvalue weighted by Crippen LogP contribution is 2.61. The van der Waals surface area contributed by atoms with Gasteiger partial charge >= 0.3 is 0 Å². The first kappa shape index (κ1) is 18.3. The summed E-state index contributed by atoms with van der Waals surface area (Å²) in [5.41, 5.74) is 2.02. The van der Waals surface area contributed by atoms with Crippen LogP contribution in [0.1, 0.15) is 45.4 Å². The number of rotatable bonds is 5. The van der Waals surface area contributed by atoms with E-state index in [1.54, 1.807) is 0 Å². The number of carbonyl (C=O) groups excluding carboxylic acids is 1. The van der Waals surface area contributed by atoms with Crippen LogP contribution in [0.15, 0.2) is 46.9 Å². The van der Waals surface area contributed by atoms with Crippen LogP contribution in [0, 0.1) is 23.2 Å². The Balaban J connectivity index is 1.12. The van der Waals surface area contributed by atoms with Gasteiger partial charge in [0.1, 0.15) is 16.9 Å². The molecule has 3 aromatic rings. The van der Waals surface area contributed by atoms with Crippen LogP contribution in [0.2, 0.25) is 0 Å². The van der Waals surface area contributed by atoms with Gasteiger partial charge in [-0.2, -0.15) is 0 Å². The molecule has 1 atom stereocenters. The molecule has 0 saturated heterocycles. The Labute approximate surface area is 177 Å². The minimum Gasteiger partial charge on any atom is -0.484 e. The van der Waals surface area contributed by atoms with Gasteiger partial charge in [-0.1, -0.05) is 18.2 Å². The maximum absolute atomic E-state index is 12.7. The van der Waals surface area contributed by atoms with Gasteiger partial charge in [-0.25, -0.2) is 0 Å². The van der Waals surface area contributed by atoms with Gasteiger partial charge in [-0.05, 0) is 92.9 Å². The van der Waals surface area contributed by atoms with Crippen LogP contribution in [0.3, 0.4) is 0 Å². The van der Waals surface area contributed by atoms with E-state index in [0.717, 1.165) is 39.7 Å². The Hall–Kier alpha value is -2.49. The monoisotopic (exact) mass is 403 g/mol. The van der Waals surface area contributed by atoms with Crippen molar-refractivity contribution < 1.29 is 13.9 Å². The molecule has 1 heterocycles. The number of furan rings is 1. The summed E-state index contributed by atoms with van der Waals surface area (Å²) in [6.07, 6.45) is 8.17. The highest BCUT2D eigenvalue weighted by molar-refractivity contribution is 6.05. The SMILES string of the molecule is C[C@H](NC(=O)COc1ccc2oc3ccccc3c2c1)C12CC3CC(CC(C3)C1)C2. The molecular weight excluding hydrogens is 374 g/mol. The van der Waals surface area contributed by atoms with E-state index in [1.807, 2.05) is 42.5 Å². The molecule has 4 nitrogen and oxygen atoms in total. The summed E-state index contributed by atoms with van der Waals surface area (Å²) in [5, 5.41) is 5.37. The fourth-order valence-electron chi connectivity index (χ4n) is 7.09. The van der Waals surface area contributed by atoms with Crippen molar-refractivity contribution >= 4 is 27.8 Å². The van der Waals surface area contributed by atoms with Crippen molar-refractivity contribution in [3.05, 3.63) is 42.5 Å². The topological polar surface area (TPSA) is 51.5 Å². The Kier molecular flexibility index (Phi) is 4.12. The fraction of sp³-hybridized carbons (Fsp3) is 0.500. The lowest BCUT2D eigenvalue weighted by Crippen LogP contribution is -2.56. The molecule has 1 aromatic heterocycles. The normalized spacial score (nSPS) is 30.6. The first-order valence-corrected chi connectivity index (χ1v) is 11.4. The molecule has 2 aromatic carbocycles. The number of carbonyl (C=O) groups is 1. The highest BCUT2D eigenvalue weighted by Gasteiger charge is 2.53. The van der Waals surface area contributed by atoms with Crippen molar-refractivity contribution in [3.8, 4) is 5.75 Å². The molecule has 0 unspecified atom stereocenters. The van der Waals surface area contributed by atoms with Crippen molar-refractivity contribution in [2.45, 2.75) is 51.5 Å². The zero-order chi connectivity index (χ0) is 20.3. The molecule has 4 bridgehead atoms. The third-order valence-electron chi connectivity index (χ3n) is 8.10. The molecule has 0 radical (unpaired) electrons.